The van der Waals surface area contributed by atoms with Crippen molar-refractivity contribution in [2.24, 2.45) is 0 Å². The van der Waals surface area contributed by atoms with E-state index in [1.807, 2.05) is 4.90 Å². The number of carbonyl (C=O) groups is 1. The number of aromatic nitrogens is 2. The van der Waals surface area contributed by atoms with Crippen molar-refractivity contribution in [2.75, 3.05) is 32.8 Å². The van der Waals surface area contributed by atoms with Gasteiger partial charge in [-0.05, 0) is 0 Å². The van der Waals surface area contributed by atoms with Gasteiger partial charge in [0.1, 0.15) is 12.5 Å². The number of hydrogen-bond acceptors (Lipinski definition) is 5. The lowest BCUT2D eigenvalue weighted by atomic mass is 10.1. The Morgan fingerprint density at radius 1 is 1.33 bits per heavy atom. The fraction of sp³-hybridized carbons (Fsp3) is 0.643. The molecule has 1 amide bonds. The van der Waals surface area contributed by atoms with Gasteiger partial charge >= 0.3 is 0 Å². The van der Waals surface area contributed by atoms with Crippen LogP contribution in [0.4, 0.5) is 4.39 Å². The molecule has 2 fully saturated rings. The molecule has 0 aliphatic carbocycles. The maximum atomic E-state index is 13.8. The molecule has 21 heavy (non-hydrogen) atoms. The summed E-state index contributed by atoms with van der Waals surface area (Å²) in [7, 11) is 0. The summed E-state index contributed by atoms with van der Waals surface area (Å²) >= 11 is 0. The van der Waals surface area contributed by atoms with Gasteiger partial charge in [-0.2, -0.15) is 0 Å². The van der Waals surface area contributed by atoms with Gasteiger partial charge in [0, 0.05) is 50.6 Å². The molecule has 2 atom stereocenters. The highest BCUT2D eigenvalue weighted by atomic mass is 19.1. The summed E-state index contributed by atoms with van der Waals surface area (Å²) < 4.78 is 19.0. The zero-order valence-corrected chi connectivity index (χ0v) is 11.8. The largest absolute Gasteiger partial charge is 0.378 e. The lowest BCUT2D eigenvalue weighted by Crippen LogP contribution is -2.49. The van der Waals surface area contributed by atoms with E-state index in [1.54, 1.807) is 17.3 Å². The number of carbonyl (C=O) groups excluding carboxylic acids is 1. The molecular formula is C14H19FN4O2. The molecule has 7 heteroatoms. The molecule has 0 saturated carbocycles. The summed E-state index contributed by atoms with van der Waals surface area (Å²) in [5.74, 6) is 0.00954. The maximum absolute atomic E-state index is 13.8. The normalized spacial score (nSPS) is 27.0. The van der Waals surface area contributed by atoms with Crippen LogP contribution in [0.3, 0.4) is 0 Å². The molecule has 0 aromatic carbocycles. The molecule has 0 bridgehead atoms. The second kappa shape index (κ2) is 6.44. The molecule has 2 aliphatic rings. The van der Waals surface area contributed by atoms with E-state index in [2.05, 4.69) is 9.97 Å². The molecule has 2 saturated heterocycles. The van der Waals surface area contributed by atoms with E-state index in [4.69, 9.17) is 4.74 Å². The molecule has 1 aromatic heterocycles. The molecule has 1 aromatic rings. The Bertz CT molecular complexity index is 481. The zero-order chi connectivity index (χ0) is 14.7. The van der Waals surface area contributed by atoms with Crippen molar-refractivity contribution in [1.82, 2.24) is 19.8 Å². The van der Waals surface area contributed by atoms with Gasteiger partial charge in [0.15, 0.2) is 0 Å². The van der Waals surface area contributed by atoms with E-state index in [1.165, 1.54) is 6.33 Å². The smallest absolute Gasteiger partial charge is 0.240 e. The van der Waals surface area contributed by atoms with Gasteiger partial charge < -0.3 is 9.64 Å². The first kappa shape index (κ1) is 14.3. The lowest BCUT2D eigenvalue weighted by Gasteiger charge is -2.32. The van der Waals surface area contributed by atoms with Crippen LogP contribution in [0, 0.1) is 0 Å². The first-order valence-corrected chi connectivity index (χ1v) is 7.22. The Kier molecular flexibility index (Phi) is 4.40. The second-order valence-electron chi connectivity index (χ2n) is 5.46. The summed E-state index contributed by atoms with van der Waals surface area (Å²) in [5, 5.41) is 0. The van der Waals surface area contributed by atoms with Crippen LogP contribution in [0.2, 0.25) is 0 Å². The van der Waals surface area contributed by atoms with E-state index >= 15 is 0 Å². The van der Waals surface area contributed by atoms with Gasteiger partial charge in [0.2, 0.25) is 5.91 Å². The van der Waals surface area contributed by atoms with Crippen LogP contribution in [-0.2, 0) is 16.1 Å². The van der Waals surface area contributed by atoms with Gasteiger partial charge in [-0.3, -0.25) is 9.69 Å². The zero-order valence-electron chi connectivity index (χ0n) is 11.8. The van der Waals surface area contributed by atoms with Crippen molar-refractivity contribution in [3.63, 3.8) is 0 Å². The van der Waals surface area contributed by atoms with Crippen LogP contribution in [-0.4, -0.2) is 70.7 Å². The third-order valence-corrected chi connectivity index (χ3v) is 3.96. The molecule has 0 radical (unpaired) electrons. The molecule has 0 N–H and O–H groups in total. The number of rotatable bonds is 3. The van der Waals surface area contributed by atoms with E-state index in [9.17, 15) is 9.18 Å². The Morgan fingerprint density at radius 2 is 2.05 bits per heavy atom. The third kappa shape index (κ3) is 3.36. The van der Waals surface area contributed by atoms with Crippen molar-refractivity contribution < 1.29 is 13.9 Å². The number of amides is 1. The Hall–Kier alpha value is -1.60. The van der Waals surface area contributed by atoms with Crippen molar-refractivity contribution >= 4 is 5.91 Å². The van der Waals surface area contributed by atoms with Crippen LogP contribution in [0.15, 0.2) is 18.7 Å². The molecule has 3 heterocycles. The molecular weight excluding hydrogens is 275 g/mol. The molecule has 6 nitrogen and oxygen atoms in total. The maximum Gasteiger partial charge on any atom is 0.240 e. The summed E-state index contributed by atoms with van der Waals surface area (Å²) in [5.41, 5.74) is 0.895. The first-order valence-electron chi connectivity index (χ1n) is 7.22. The van der Waals surface area contributed by atoms with Crippen LogP contribution in [0.5, 0.6) is 0 Å². The van der Waals surface area contributed by atoms with Crippen molar-refractivity contribution in [3.05, 3.63) is 24.3 Å². The van der Waals surface area contributed by atoms with E-state index in [0.717, 1.165) is 5.56 Å². The molecule has 3 rings (SSSR count). The van der Waals surface area contributed by atoms with Crippen molar-refractivity contribution in [2.45, 2.75) is 25.2 Å². The van der Waals surface area contributed by atoms with Gasteiger partial charge in [-0.25, -0.2) is 14.4 Å². The van der Waals surface area contributed by atoms with Gasteiger partial charge in [0.25, 0.3) is 0 Å². The second-order valence-corrected chi connectivity index (χ2v) is 5.46. The Labute approximate surface area is 122 Å². The average Bonchev–Trinajstić information content (AvgIpc) is 2.89. The highest BCUT2D eigenvalue weighted by Gasteiger charge is 2.39. The topological polar surface area (TPSA) is 58.6 Å². The van der Waals surface area contributed by atoms with Gasteiger partial charge in [-0.1, -0.05) is 0 Å². The first-order chi connectivity index (χ1) is 10.2. The van der Waals surface area contributed by atoms with Crippen LogP contribution in [0.25, 0.3) is 0 Å². The Morgan fingerprint density at radius 3 is 2.76 bits per heavy atom. The fourth-order valence-corrected chi connectivity index (χ4v) is 2.92. The number of hydrogen-bond donors (Lipinski definition) is 0. The van der Waals surface area contributed by atoms with Crippen molar-refractivity contribution in [3.8, 4) is 0 Å². The fourth-order valence-electron chi connectivity index (χ4n) is 2.92. The minimum atomic E-state index is -0.954. The van der Waals surface area contributed by atoms with Gasteiger partial charge in [-0.15, -0.1) is 0 Å². The SMILES string of the molecule is O=C([C@@H]1C[C@@H](F)CN1Cc1cncnc1)N1CCOCC1. The minimum Gasteiger partial charge on any atom is -0.378 e. The number of halogens is 1. The van der Waals surface area contributed by atoms with Gasteiger partial charge in [0.05, 0.1) is 19.3 Å². The number of ether oxygens (including phenoxy) is 1. The number of nitrogens with zero attached hydrogens (tertiary/aromatic N) is 4. The molecule has 0 unspecified atom stereocenters. The summed E-state index contributed by atoms with van der Waals surface area (Å²) in [4.78, 5) is 24.2. The predicted molar refractivity (Wildman–Crippen MR) is 73.1 cm³/mol. The lowest BCUT2D eigenvalue weighted by molar-refractivity contribution is -0.140. The molecule has 2 aliphatic heterocycles. The standard InChI is InChI=1S/C14H19FN4O2/c15-12-5-13(14(20)18-1-3-21-4-2-18)19(9-12)8-11-6-16-10-17-7-11/h6-7,10,12-13H,1-5,8-9H2/t12-,13+/m1/s1. The quantitative estimate of drug-likeness (QED) is 0.800. The monoisotopic (exact) mass is 294 g/mol. The van der Waals surface area contributed by atoms with Crippen LogP contribution < -0.4 is 0 Å². The van der Waals surface area contributed by atoms with Crippen LogP contribution >= 0.6 is 0 Å². The molecule has 0 spiro atoms. The summed E-state index contributed by atoms with van der Waals surface area (Å²) in [6.45, 7) is 3.09. The van der Waals surface area contributed by atoms with E-state index in [-0.39, 0.29) is 18.9 Å². The number of morpholine rings is 1. The number of alkyl halides is 1. The molecule has 114 valence electrons. The van der Waals surface area contributed by atoms with Crippen LogP contribution in [0.1, 0.15) is 12.0 Å². The minimum absolute atomic E-state index is 0.00954. The highest BCUT2D eigenvalue weighted by Crippen LogP contribution is 2.24. The average molecular weight is 294 g/mol. The Balaban J connectivity index is 1.68. The predicted octanol–water partition coefficient (Wildman–Crippen LogP) is 0.248. The highest BCUT2D eigenvalue weighted by molar-refractivity contribution is 5.82. The van der Waals surface area contributed by atoms with E-state index < -0.39 is 12.2 Å². The summed E-state index contributed by atoms with van der Waals surface area (Å²) in [6, 6.07) is -0.390. The third-order valence-electron chi connectivity index (χ3n) is 3.96. The summed E-state index contributed by atoms with van der Waals surface area (Å²) in [6.07, 6.45) is 4.18. The van der Waals surface area contributed by atoms with E-state index in [0.29, 0.717) is 32.8 Å². The number of likely N-dealkylation sites (tertiary alicyclic amines) is 1. The van der Waals surface area contributed by atoms with Crippen molar-refractivity contribution in [1.29, 1.82) is 0 Å².